The largest absolute Gasteiger partial charge is 0.462 e. The van der Waals surface area contributed by atoms with Gasteiger partial charge in [0.15, 0.2) is 0 Å². The Morgan fingerprint density at radius 2 is 2.07 bits per heavy atom. The third-order valence-electron chi connectivity index (χ3n) is 1.80. The van der Waals surface area contributed by atoms with Crippen molar-refractivity contribution in [3.05, 3.63) is 34.9 Å². The van der Waals surface area contributed by atoms with E-state index in [2.05, 4.69) is 4.74 Å². The van der Waals surface area contributed by atoms with Crippen LogP contribution in [0.4, 0.5) is 8.78 Å². The maximum absolute atomic E-state index is 13.0. The van der Waals surface area contributed by atoms with Gasteiger partial charge in [0.25, 0.3) is 0 Å². The lowest BCUT2D eigenvalue weighted by Crippen LogP contribution is -2.08. The van der Waals surface area contributed by atoms with Crippen LogP contribution in [0, 0.1) is 18.6 Å². The summed E-state index contributed by atoms with van der Waals surface area (Å²) in [6, 6.07) is 1.70. The molecule has 0 aromatic heterocycles. The number of esters is 1. The highest BCUT2D eigenvalue weighted by atomic mass is 19.1. The number of rotatable bonds is 2. The topological polar surface area (TPSA) is 26.3 Å². The highest BCUT2D eigenvalue weighted by Gasteiger charge is 2.14. The van der Waals surface area contributed by atoms with Crippen LogP contribution in [0.3, 0.4) is 0 Å². The molecule has 0 heterocycles. The van der Waals surface area contributed by atoms with Gasteiger partial charge in [-0.3, -0.25) is 0 Å². The highest BCUT2D eigenvalue weighted by Crippen LogP contribution is 2.15. The van der Waals surface area contributed by atoms with Crippen LogP contribution in [-0.4, -0.2) is 12.6 Å². The Kier molecular flexibility index (Phi) is 3.17. The number of benzene rings is 1. The second kappa shape index (κ2) is 4.17. The van der Waals surface area contributed by atoms with Gasteiger partial charge in [-0.25, -0.2) is 13.6 Å². The minimum Gasteiger partial charge on any atom is -0.462 e. The molecule has 0 atom stereocenters. The van der Waals surface area contributed by atoms with Crippen LogP contribution < -0.4 is 0 Å². The Balaban J connectivity index is 3.13. The monoisotopic (exact) mass is 200 g/mol. The lowest BCUT2D eigenvalue weighted by atomic mass is 10.1. The fourth-order valence-electron chi connectivity index (χ4n) is 1.07. The molecule has 0 N–H and O–H groups in total. The first-order valence-corrected chi connectivity index (χ1v) is 4.19. The van der Waals surface area contributed by atoms with E-state index in [1.807, 2.05) is 0 Å². The number of ether oxygens (including phenoxy) is 1. The van der Waals surface area contributed by atoms with Gasteiger partial charge in [0.2, 0.25) is 0 Å². The van der Waals surface area contributed by atoms with Gasteiger partial charge in [0, 0.05) is 6.07 Å². The van der Waals surface area contributed by atoms with Crippen molar-refractivity contribution in [1.82, 2.24) is 0 Å². The summed E-state index contributed by atoms with van der Waals surface area (Å²) in [5.74, 6) is -2.23. The van der Waals surface area contributed by atoms with Gasteiger partial charge < -0.3 is 4.74 Å². The smallest absolute Gasteiger partial charge is 0.338 e. The lowest BCUT2D eigenvalue weighted by Gasteiger charge is -2.05. The van der Waals surface area contributed by atoms with Crippen LogP contribution in [0.1, 0.15) is 22.8 Å². The number of hydrogen-bond acceptors (Lipinski definition) is 2. The van der Waals surface area contributed by atoms with Gasteiger partial charge in [-0.05, 0) is 25.5 Å². The normalized spacial score (nSPS) is 10.0. The molecule has 0 unspecified atom stereocenters. The van der Waals surface area contributed by atoms with Gasteiger partial charge in [-0.15, -0.1) is 0 Å². The fourth-order valence-corrected chi connectivity index (χ4v) is 1.07. The molecule has 2 nitrogen and oxygen atoms in total. The maximum Gasteiger partial charge on any atom is 0.338 e. The van der Waals surface area contributed by atoms with E-state index in [-0.39, 0.29) is 17.7 Å². The van der Waals surface area contributed by atoms with Crippen molar-refractivity contribution in [2.24, 2.45) is 0 Å². The minimum absolute atomic E-state index is 0.0654. The molecule has 14 heavy (non-hydrogen) atoms. The number of halogens is 2. The van der Waals surface area contributed by atoms with Gasteiger partial charge in [0.05, 0.1) is 12.2 Å². The Hall–Kier alpha value is -1.45. The minimum atomic E-state index is -0.781. The molecule has 0 saturated heterocycles. The predicted molar refractivity (Wildman–Crippen MR) is 47.1 cm³/mol. The third-order valence-corrected chi connectivity index (χ3v) is 1.80. The van der Waals surface area contributed by atoms with E-state index in [0.29, 0.717) is 0 Å². The van der Waals surface area contributed by atoms with E-state index in [4.69, 9.17) is 0 Å². The Morgan fingerprint density at radius 1 is 1.43 bits per heavy atom. The molecule has 0 radical (unpaired) electrons. The maximum atomic E-state index is 13.0. The van der Waals surface area contributed by atoms with Crippen molar-refractivity contribution in [2.45, 2.75) is 13.8 Å². The fraction of sp³-hybridized carbons (Fsp3) is 0.300. The van der Waals surface area contributed by atoms with Crippen molar-refractivity contribution in [3.63, 3.8) is 0 Å². The average Bonchev–Trinajstić information content (AvgIpc) is 2.11. The molecular formula is C10H10F2O2. The standard InChI is InChI=1S/C10H10F2O2/c1-3-14-10(13)8-4-7(11)5-9(12)6(8)2/h4-5H,3H2,1-2H3. The Labute approximate surface area is 80.5 Å². The summed E-state index contributed by atoms with van der Waals surface area (Å²) in [4.78, 5) is 11.2. The summed E-state index contributed by atoms with van der Waals surface area (Å²) in [7, 11) is 0. The number of carbonyl (C=O) groups is 1. The first kappa shape index (κ1) is 10.6. The van der Waals surface area contributed by atoms with Crippen LogP contribution in [0.5, 0.6) is 0 Å². The van der Waals surface area contributed by atoms with Crippen LogP contribution in [-0.2, 0) is 4.74 Å². The molecular weight excluding hydrogens is 190 g/mol. The molecule has 0 aliphatic rings. The van der Waals surface area contributed by atoms with Gasteiger partial charge in [-0.2, -0.15) is 0 Å². The van der Waals surface area contributed by atoms with E-state index in [0.717, 1.165) is 12.1 Å². The van der Waals surface area contributed by atoms with E-state index in [1.165, 1.54) is 6.92 Å². The van der Waals surface area contributed by atoms with Crippen LogP contribution in [0.25, 0.3) is 0 Å². The van der Waals surface area contributed by atoms with Gasteiger partial charge >= 0.3 is 5.97 Å². The van der Waals surface area contributed by atoms with E-state index in [9.17, 15) is 13.6 Å². The molecule has 76 valence electrons. The Bertz CT molecular complexity index is 361. The second-order valence-electron chi connectivity index (χ2n) is 2.78. The summed E-state index contributed by atoms with van der Waals surface area (Å²) in [6.45, 7) is 3.21. The van der Waals surface area contributed by atoms with Crippen molar-refractivity contribution < 1.29 is 18.3 Å². The third kappa shape index (κ3) is 2.07. The first-order valence-electron chi connectivity index (χ1n) is 4.19. The SMILES string of the molecule is CCOC(=O)c1cc(F)cc(F)c1C. The molecule has 1 aromatic carbocycles. The Morgan fingerprint density at radius 3 is 2.64 bits per heavy atom. The van der Waals surface area contributed by atoms with Crippen molar-refractivity contribution >= 4 is 5.97 Å². The van der Waals surface area contributed by atoms with Crippen molar-refractivity contribution in [1.29, 1.82) is 0 Å². The zero-order valence-corrected chi connectivity index (χ0v) is 7.93. The highest BCUT2D eigenvalue weighted by molar-refractivity contribution is 5.91. The second-order valence-corrected chi connectivity index (χ2v) is 2.78. The first-order chi connectivity index (χ1) is 6.56. The van der Waals surface area contributed by atoms with Crippen molar-refractivity contribution in [2.75, 3.05) is 6.61 Å². The molecule has 1 rings (SSSR count). The average molecular weight is 200 g/mol. The molecule has 0 bridgehead atoms. The zero-order chi connectivity index (χ0) is 10.7. The number of hydrogen-bond donors (Lipinski definition) is 0. The zero-order valence-electron chi connectivity index (χ0n) is 7.93. The van der Waals surface area contributed by atoms with Crippen LogP contribution >= 0.6 is 0 Å². The van der Waals surface area contributed by atoms with Gasteiger partial charge in [0.1, 0.15) is 11.6 Å². The van der Waals surface area contributed by atoms with E-state index >= 15 is 0 Å². The predicted octanol–water partition coefficient (Wildman–Crippen LogP) is 2.45. The van der Waals surface area contributed by atoms with Crippen molar-refractivity contribution in [3.8, 4) is 0 Å². The summed E-state index contributed by atoms with van der Waals surface area (Å²) in [5.41, 5.74) is 0.0363. The summed E-state index contributed by atoms with van der Waals surface area (Å²) >= 11 is 0. The molecule has 0 fully saturated rings. The summed E-state index contributed by atoms with van der Waals surface area (Å²) in [6.07, 6.45) is 0. The molecule has 0 saturated carbocycles. The van der Waals surface area contributed by atoms with Crippen LogP contribution in [0.2, 0.25) is 0 Å². The molecule has 0 spiro atoms. The van der Waals surface area contributed by atoms with Crippen LogP contribution in [0.15, 0.2) is 12.1 Å². The van der Waals surface area contributed by atoms with E-state index < -0.39 is 17.6 Å². The lowest BCUT2D eigenvalue weighted by molar-refractivity contribution is 0.0524. The summed E-state index contributed by atoms with van der Waals surface area (Å²) in [5, 5.41) is 0. The number of carbonyl (C=O) groups excluding carboxylic acids is 1. The van der Waals surface area contributed by atoms with Gasteiger partial charge in [-0.1, -0.05) is 0 Å². The quantitative estimate of drug-likeness (QED) is 0.685. The molecule has 0 amide bonds. The molecule has 0 aliphatic heterocycles. The van der Waals surface area contributed by atoms with E-state index in [1.54, 1.807) is 6.92 Å². The molecule has 0 aliphatic carbocycles. The molecule has 4 heteroatoms. The molecule has 1 aromatic rings. The summed E-state index contributed by atoms with van der Waals surface area (Å²) < 4.78 is 30.4.